The summed E-state index contributed by atoms with van der Waals surface area (Å²) >= 11 is 0. The molecule has 162 valence electrons. The van der Waals surface area contributed by atoms with Crippen molar-refractivity contribution in [3.63, 3.8) is 0 Å². The summed E-state index contributed by atoms with van der Waals surface area (Å²) in [5, 5.41) is 11.7. The van der Waals surface area contributed by atoms with E-state index < -0.39 is 6.04 Å². The molecule has 0 spiro atoms. The second-order valence-corrected chi connectivity index (χ2v) is 7.65. The van der Waals surface area contributed by atoms with E-state index in [9.17, 15) is 9.59 Å². The molecule has 8 heteroatoms. The van der Waals surface area contributed by atoms with Crippen molar-refractivity contribution in [2.24, 2.45) is 5.90 Å². The van der Waals surface area contributed by atoms with Crippen molar-refractivity contribution in [3.05, 3.63) is 72.1 Å². The van der Waals surface area contributed by atoms with Crippen molar-refractivity contribution in [1.29, 1.82) is 0 Å². The molecule has 2 aromatic carbocycles. The van der Waals surface area contributed by atoms with Crippen molar-refractivity contribution in [2.45, 2.75) is 31.2 Å². The smallest absolute Gasteiger partial charge is 0.246 e. The molecular weight excluding hydrogens is 394 g/mol. The van der Waals surface area contributed by atoms with E-state index in [4.69, 9.17) is 5.90 Å². The van der Waals surface area contributed by atoms with Gasteiger partial charge in [-0.05, 0) is 47.1 Å². The lowest BCUT2D eigenvalue weighted by atomic mass is 9.96. The number of rotatable bonds is 7. The van der Waals surface area contributed by atoms with Crippen LogP contribution in [0.2, 0.25) is 0 Å². The Morgan fingerprint density at radius 3 is 2.52 bits per heavy atom. The van der Waals surface area contributed by atoms with Gasteiger partial charge in [-0.1, -0.05) is 43.3 Å². The minimum Gasteiger partial charge on any atom is -0.412 e. The summed E-state index contributed by atoms with van der Waals surface area (Å²) in [5.74, 6) is 5.11. The normalized spacial score (nSPS) is 14.4. The van der Waals surface area contributed by atoms with E-state index in [0.717, 1.165) is 5.56 Å². The second-order valence-electron chi connectivity index (χ2n) is 7.65. The van der Waals surface area contributed by atoms with Gasteiger partial charge in [-0.25, -0.2) is 0 Å². The molecule has 1 saturated carbocycles. The van der Waals surface area contributed by atoms with Gasteiger partial charge in [0.2, 0.25) is 12.3 Å². The van der Waals surface area contributed by atoms with Crippen LogP contribution >= 0.6 is 0 Å². The molecule has 0 bridgehead atoms. The van der Waals surface area contributed by atoms with Gasteiger partial charge in [-0.15, -0.1) is 0 Å². The number of carbonyl (C=O) groups excluding carboxylic acids is 2. The average molecular weight is 422 g/mol. The van der Waals surface area contributed by atoms with Crippen LogP contribution in [0.3, 0.4) is 0 Å². The molecule has 0 radical (unpaired) electrons. The summed E-state index contributed by atoms with van der Waals surface area (Å²) in [6.45, 7) is 2.33. The minimum atomic E-state index is -0.752. The van der Waals surface area contributed by atoms with Crippen molar-refractivity contribution < 1.29 is 14.4 Å². The standard InChI is InChI=1S/C13H14N2.C10H13N3O3/c1-13(6-7-13)12-4-2-10(3-5-12)11-8-14-15-9-11;1-12-10(15)9(13-6-14)7-3-2-4-8(5-7)16-11/h2-5,8-9H,6-7H2,1H3,(H,14,15);2-6,9H,11H2,1H3,(H,12,15)(H,13,14). The number of benzene rings is 2. The van der Waals surface area contributed by atoms with E-state index in [1.165, 1.54) is 31.0 Å². The van der Waals surface area contributed by atoms with E-state index in [1.54, 1.807) is 24.3 Å². The number of aromatic nitrogens is 2. The zero-order valence-corrected chi connectivity index (χ0v) is 17.6. The Kier molecular flexibility index (Phi) is 7.04. The van der Waals surface area contributed by atoms with Crippen molar-refractivity contribution in [1.82, 2.24) is 20.8 Å². The average Bonchev–Trinajstić information content (AvgIpc) is 3.33. The van der Waals surface area contributed by atoms with Crippen LogP contribution in [0.15, 0.2) is 60.9 Å². The highest BCUT2D eigenvalue weighted by atomic mass is 16.6. The van der Waals surface area contributed by atoms with Gasteiger partial charge in [0.15, 0.2) is 0 Å². The number of carbonyl (C=O) groups is 2. The summed E-state index contributed by atoms with van der Waals surface area (Å²) in [6, 6.07) is 14.7. The highest BCUT2D eigenvalue weighted by molar-refractivity contribution is 5.84. The lowest BCUT2D eigenvalue weighted by Gasteiger charge is -2.15. The maximum atomic E-state index is 11.5. The highest BCUT2D eigenvalue weighted by Gasteiger charge is 2.38. The largest absolute Gasteiger partial charge is 0.412 e. The maximum absolute atomic E-state index is 11.5. The summed E-state index contributed by atoms with van der Waals surface area (Å²) < 4.78 is 0. The third kappa shape index (κ3) is 5.49. The molecule has 1 aromatic heterocycles. The Labute approximate surface area is 181 Å². The molecular formula is C23H27N5O3. The van der Waals surface area contributed by atoms with Crippen LogP contribution in [0.25, 0.3) is 11.1 Å². The van der Waals surface area contributed by atoms with Gasteiger partial charge in [-0.2, -0.15) is 11.0 Å². The zero-order chi connectivity index (χ0) is 22.3. The van der Waals surface area contributed by atoms with E-state index in [0.29, 0.717) is 23.1 Å². The van der Waals surface area contributed by atoms with Crippen LogP contribution < -0.4 is 21.4 Å². The maximum Gasteiger partial charge on any atom is 0.246 e. The first-order valence-electron chi connectivity index (χ1n) is 9.98. The van der Waals surface area contributed by atoms with E-state index in [1.807, 2.05) is 12.4 Å². The molecule has 4 rings (SSSR count). The number of hydrogen-bond acceptors (Lipinski definition) is 5. The molecule has 3 aromatic rings. The fourth-order valence-electron chi connectivity index (χ4n) is 3.25. The van der Waals surface area contributed by atoms with E-state index in [2.05, 4.69) is 56.9 Å². The van der Waals surface area contributed by atoms with Crippen molar-refractivity contribution in [2.75, 3.05) is 7.05 Å². The molecule has 1 atom stereocenters. The molecule has 0 aliphatic heterocycles. The first-order valence-corrected chi connectivity index (χ1v) is 9.98. The molecule has 1 heterocycles. The Hall–Kier alpha value is -3.65. The Morgan fingerprint density at radius 2 is 1.97 bits per heavy atom. The van der Waals surface area contributed by atoms with E-state index >= 15 is 0 Å². The zero-order valence-electron chi connectivity index (χ0n) is 17.6. The van der Waals surface area contributed by atoms with Crippen molar-refractivity contribution in [3.8, 4) is 16.9 Å². The summed E-state index contributed by atoms with van der Waals surface area (Å²) in [4.78, 5) is 26.5. The van der Waals surface area contributed by atoms with Gasteiger partial charge in [0.25, 0.3) is 0 Å². The first-order chi connectivity index (χ1) is 15.0. The molecule has 1 aliphatic rings. The number of H-pyrrole nitrogens is 1. The number of amides is 2. The fraction of sp³-hybridized carbons (Fsp3) is 0.261. The molecule has 2 amide bonds. The quantitative estimate of drug-likeness (QED) is 0.345. The Morgan fingerprint density at radius 1 is 1.23 bits per heavy atom. The van der Waals surface area contributed by atoms with Crippen LogP contribution in [-0.4, -0.2) is 29.6 Å². The van der Waals surface area contributed by atoms with Crippen LogP contribution in [0, 0.1) is 0 Å². The summed E-state index contributed by atoms with van der Waals surface area (Å²) in [7, 11) is 1.49. The molecule has 1 unspecified atom stereocenters. The Bertz CT molecular complexity index is 998. The van der Waals surface area contributed by atoms with Gasteiger partial charge < -0.3 is 15.5 Å². The molecule has 1 fully saturated rings. The molecule has 31 heavy (non-hydrogen) atoms. The van der Waals surface area contributed by atoms with Gasteiger partial charge in [-0.3, -0.25) is 14.7 Å². The number of nitrogens with one attached hydrogen (secondary N) is 3. The third-order valence-electron chi connectivity index (χ3n) is 5.48. The number of nitrogens with two attached hydrogens (primary N) is 1. The lowest BCUT2D eigenvalue weighted by molar-refractivity contribution is -0.125. The molecule has 5 N–H and O–H groups in total. The third-order valence-corrected chi connectivity index (χ3v) is 5.48. The second kappa shape index (κ2) is 9.90. The van der Waals surface area contributed by atoms with E-state index in [-0.39, 0.29) is 5.91 Å². The van der Waals surface area contributed by atoms with Crippen LogP contribution in [-0.2, 0) is 15.0 Å². The summed E-state index contributed by atoms with van der Waals surface area (Å²) in [5.41, 5.74) is 4.91. The number of nitrogens with zero attached hydrogens (tertiary/aromatic N) is 1. The molecule has 1 aliphatic carbocycles. The monoisotopic (exact) mass is 421 g/mol. The van der Waals surface area contributed by atoms with Gasteiger partial charge in [0, 0.05) is 18.8 Å². The lowest BCUT2D eigenvalue weighted by Crippen LogP contribution is -2.35. The van der Waals surface area contributed by atoms with Crippen LogP contribution in [0.4, 0.5) is 0 Å². The number of likely N-dealkylation sites (N-methyl/N-ethyl adjacent to an activating group) is 1. The van der Waals surface area contributed by atoms with Crippen LogP contribution in [0.5, 0.6) is 5.75 Å². The topological polar surface area (TPSA) is 122 Å². The number of hydrogen-bond donors (Lipinski definition) is 4. The molecule has 0 saturated heterocycles. The fourth-order valence-corrected chi connectivity index (χ4v) is 3.25. The number of aromatic amines is 1. The SMILES string of the molecule is CC1(c2ccc(-c3cn[nH]c3)cc2)CC1.CNC(=O)C(NC=O)c1cccc(ON)c1. The van der Waals surface area contributed by atoms with Gasteiger partial charge in [0.1, 0.15) is 11.8 Å². The predicted molar refractivity (Wildman–Crippen MR) is 118 cm³/mol. The Balaban J connectivity index is 0.000000176. The summed E-state index contributed by atoms with van der Waals surface area (Å²) in [6.07, 6.45) is 6.91. The first kappa shape index (κ1) is 22.0. The van der Waals surface area contributed by atoms with Gasteiger partial charge >= 0.3 is 0 Å². The van der Waals surface area contributed by atoms with Gasteiger partial charge in [0.05, 0.1) is 6.20 Å². The molecule has 8 nitrogen and oxygen atoms in total. The highest BCUT2D eigenvalue weighted by Crippen LogP contribution is 2.47. The van der Waals surface area contributed by atoms with Crippen LogP contribution in [0.1, 0.15) is 36.9 Å². The minimum absolute atomic E-state index is 0.318. The predicted octanol–water partition coefficient (Wildman–Crippen LogP) is 2.60. The van der Waals surface area contributed by atoms with Crippen molar-refractivity contribution >= 4 is 12.3 Å².